The van der Waals surface area contributed by atoms with Crippen LogP contribution in [0.1, 0.15) is 39.0 Å². The van der Waals surface area contributed by atoms with Gasteiger partial charge in [0, 0.05) is 11.1 Å². The Morgan fingerprint density at radius 2 is 1.79 bits per heavy atom. The van der Waals surface area contributed by atoms with E-state index in [1.807, 2.05) is 42.5 Å². The molecule has 0 amide bonds. The summed E-state index contributed by atoms with van der Waals surface area (Å²) in [6, 6.07) is 15.9. The minimum Gasteiger partial charge on any atom is -0.497 e. The highest BCUT2D eigenvalue weighted by atomic mass is 16.5. The molecule has 4 rings (SSSR count). The number of hydrogen-bond donors (Lipinski definition) is 0. The van der Waals surface area contributed by atoms with Crippen molar-refractivity contribution in [3.63, 3.8) is 0 Å². The summed E-state index contributed by atoms with van der Waals surface area (Å²) in [4.78, 5) is 13.3. The predicted molar refractivity (Wildman–Crippen MR) is 97.1 cm³/mol. The highest BCUT2D eigenvalue weighted by Gasteiger charge is 2.22. The van der Waals surface area contributed by atoms with Crippen LogP contribution in [0.15, 0.2) is 48.5 Å². The van der Waals surface area contributed by atoms with Crippen molar-refractivity contribution in [3.05, 3.63) is 76.3 Å². The van der Waals surface area contributed by atoms with E-state index in [0.29, 0.717) is 0 Å². The van der Waals surface area contributed by atoms with Crippen LogP contribution in [0.3, 0.4) is 0 Å². The van der Waals surface area contributed by atoms with E-state index in [2.05, 4.69) is 13.0 Å². The molecule has 0 fully saturated rings. The predicted octanol–water partition coefficient (Wildman–Crippen LogP) is 4.88. The van der Waals surface area contributed by atoms with Gasteiger partial charge in [-0.05, 0) is 65.8 Å². The average molecular weight is 316 g/mol. The number of ether oxygens (including phenoxy) is 1. The molecule has 0 bridgehead atoms. The smallest absolute Gasteiger partial charge is 0.193 e. The standard InChI is InChI=1S/C22H20O2/c1-14-9-12-20(18-7-4-6-17(14)18)22(23)19-8-3-5-15-10-11-16(24-2)13-21(15)19/h3,5,8-13H,4,6-7H2,1-2H3. The van der Waals surface area contributed by atoms with Crippen molar-refractivity contribution in [1.29, 1.82) is 0 Å². The summed E-state index contributed by atoms with van der Waals surface area (Å²) in [6.45, 7) is 2.14. The molecular formula is C22H20O2. The molecule has 120 valence electrons. The Balaban J connectivity index is 1.90. The van der Waals surface area contributed by atoms with Gasteiger partial charge in [0.15, 0.2) is 5.78 Å². The second-order valence-corrected chi connectivity index (χ2v) is 6.46. The van der Waals surface area contributed by atoms with E-state index < -0.39 is 0 Å². The number of ketones is 1. The molecule has 0 N–H and O–H groups in total. The lowest BCUT2D eigenvalue weighted by molar-refractivity contribution is 0.103. The molecular weight excluding hydrogens is 296 g/mol. The fourth-order valence-electron chi connectivity index (χ4n) is 3.82. The highest BCUT2D eigenvalue weighted by molar-refractivity contribution is 6.17. The summed E-state index contributed by atoms with van der Waals surface area (Å²) in [5.74, 6) is 0.892. The first kappa shape index (κ1) is 14.9. The number of hydrogen-bond acceptors (Lipinski definition) is 2. The van der Waals surface area contributed by atoms with E-state index in [1.165, 1.54) is 16.7 Å². The van der Waals surface area contributed by atoms with E-state index in [-0.39, 0.29) is 5.78 Å². The van der Waals surface area contributed by atoms with Crippen molar-refractivity contribution >= 4 is 16.6 Å². The Hall–Kier alpha value is -2.61. The van der Waals surface area contributed by atoms with Crippen LogP contribution >= 0.6 is 0 Å². The third-order valence-electron chi connectivity index (χ3n) is 5.10. The summed E-state index contributed by atoms with van der Waals surface area (Å²) in [5.41, 5.74) is 5.55. The normalized spacial score (nSPS) is 13.1. The fourth-order valence-corrected chi connectivity index (χ4v) is 3.82. The van der Waals surface area contributed by atoms with Crippen LogP contribution in [0.4, 0.5) is 0 Å². The second-order valence-electron chi connectivity index (χ2n) is 6.46. The maximum atomic E-state index is 13.3. The van der Waals surface area contributed by atoms with Gasteiger partial charge in [-0.25, -0.2) is 0 Å². The van der Waals surface area contributed by atoms with E-state index >= 15 is 0 Å². The van der Waals surface area contributed by atoms with Crippen LogP contribution in [-0.4, -0.2) is 12.9 Å². The van der Waals surface area contributed by atoms with Crippen LogP contribution in [0, 0.1) is 6.92 Å². The number of carbonyl (C=O) groups excluding carboxylic acids is 1. The number of aryl methyl sites for hydroxylation is 1. The zero-order valence-electron chi connectivity index (χ0n) is 14.1. The Morgan fingerprint density at radius 1 is 0.958 bits per heavy atom. The largest absolute Gasteiger partial charge is 0.497 e. The van der Waals surface area contributed by atoms with Gasteiger partial charge in [0.1, 0.15) is 5.75 Å². The van der Waals surface area contributed by atoms with Crippen molar-refractivity contribution in [2.45, 2.75) is 26.2 Å². The summed E-state index contributed by atoms with van der Waals surface area (Å²) in [7, 11) is 1.65. The van der Waals surface area contributed by atoms with Crippen LogP contribution < -0.4 is 4.74 Å². The van der Waals surface area contributed by atoms with Crippen molar-refractivity contribution in [1.82, 2.24) is 0 Å². The average Bonchev–Trinajstić information content (AvgIpc) is 3.11. The molecule has 1 aliphatic carbocycles. The first-order chi connectivity index (χ1) is 11.7. The van der Waals surface area contributed by atoms with Crippen LogP contribution in [0.25, 0.3) is 10.8 Å². The van der Waals surface area contributed by atoms with E-state index in [4.69, 9.17) is 4.74 Å². The maximum Gasteiger partial charge on any atom is 0.193 e. The molecule has 1 aliphatic rings. The molecule has 0 radical (unpaired) electrons. The molecule has 2 heteroatoms. The van der Waals surface area contributed by atoms with Crippen molar-refractivity contribution in [2.75, 3.05) is 7.11 Å². The lowest BCUT2D eigenvalue weighted by Crippen LogP contribution is -2.07. The fraction of sp³-hybridized carbons (Fsp3) is 0.227. The van der Waals surface area contributed by atoms with Crippen molar-refractivity contribution in [3.8, 4) is 5.75 Å². The van der Waals surface area contributed by atoms with Gasteiger partial charge in [-0.1, -0.05) is 36.4 Å². The topological polar surface area (TPSA) is 26.3 Å². The van der Waals surface area contributed by atoms with Gasteiger partial charge in [-0.3, -0.25) is 4.79 Å². The van der Waals surface area contributed by atoms with Gasteiger partial charge in [0.05, 0.1) is 7.11 Å². The zero-order valence-corrected chi connectivity index (χ0v) is 14.1. The molecule has 3 aromatic carbocycles. The summed E-state index contributed by atoms with van der Waals surface area (Å²) in [6.07, 6.45) is 3.24. The molecule has 0 heterocycles. The number of benzene rings is 3. The van der Waals surface area contributed by atoms with Crippen molar-refractivity contribution < 1.29 is 9.53 Å². The van der Waals surface area contributed by atoms with E-state index in [9.17, 15) is 4.79 Å². The summed E-state index contributed by atoms with van der Waals surface area (Å²) in [5, 5.41) is 2.01. The Bertz CT molecular complexity index is 954. The van der Waals surface area contributed by atoms with Gasteiger partial charge < -0.3 is 4.74 Å². The van der Waals surface area contributed by atoms with E-state index in [0.717, 1.165) is 46.9 Å². The second kappa shape index (κ2) is 5.79. The molecule has 0 aromatic heterocycles. The molecule has 3 aromatic rings. The quantitative estimate of drug-likeness (QED) is 0.644. The lowest BCUT2D eigenvalue weighted by Gasteiger charge is -2.12. The zero-order chi connectivity index (χ0) is 16.7. The van der Waals surface area contributed by atoms with Crippen LogP contribution in [0.2, 0.25) is 0 Å². The molecule has 0 spiro atoms. The minimum atomic E-state index is 0.118. The van der Waals surface area contributed by atoms with Crippen LogP contribution in [-0.2, 0) is 12.8 Å². The van der Waals surface area contributed by atoms with Gasteiger partial charge in [0.25, 0.3) is 0 Å². The molecule has 0 saturated heterocycles. The third-order valence-corrected chi connectivity index (χ3v) is 5.10. The monoisotopic (exact) mass is 316 g/mol. The van der Waals surface area contributed by atoms with Crippen LogP contribution in [0.5, 0.6) is 5.75 Å². The van der Waals surface area contributed by atoms with Gasteiger partial charge in [-0.2, -0.15) is 0 Å². The first-order valence-corrected chi connectivity index (χ1v) is 8.42. The first-order valence-electron chi connectivity index (χ1n) is 8.42. The number of rotatable bonds is 3. The summed E-state index contributed by atoms with van der Waals surface area (Å²) >= 11 is 0. The van der Waals surface area contributed by atoms with Gasteiger partial charge >= 0.3 is 0 Å². The summed E-state index contributed by atoms with van der Waals surface area (Å²) < 4.78 is 5.34. The highest BCUT2D eigenvalue weighted by Crippen LogP contribution is 2.32. The minimum absolute atomic E-state index is 0.118. The molecule has 24 heavy (non-hydrogen) atoms. The third kappa shape index (κ3) is 2.30. The van der Waals surface area contributed by atoms with E-state index in [1.54, 1.807) is 7.11 Å². The Morgan fingerprint density at radius 3 is 2.62 bits per heavy atom. The molecule has 2 nitrogen and oxygen atoms in total. The lowest BCUT2D eigenvalue weighted by atomic mass is 9.91. The molecule has 0 aliphatic heterocycles. The Labute approximate surface area is 142 Å². The number of fused-ring (bicyclic) bond motifs is 2. The molecule has 0 unspecified atom stereocenters. The Kier molecular flexibility index (Phi) is 3.61. The molecule has 0 saturated carbocycles. The number of methoxy groups -OCH3 is 1. The van der Waals surface area contributed by atoms with Gasteiger partial charge in [-0.15, -0.1) is 0 Å². The van der Waals surface area contributed by atoms with Crippen molar-refractivity contribution in [2.24, 2.45) is 0 Å². The van der Waals surface area contributed by atoms with Gasteiger partial charge in [0.2, 0.25) is 0 Å². The molecule has 0 atom stereocenters. The SMILES string of the molecule is COc1ccc2cccc(C(=O)c3ccc(C)c4c3CCC4)c2c1. The maximum absolute atomic E-state index is 13.3. The number of carbonyl (C=O) groups is 1.